The molecular weight excluding hydrogens is 290 g/mol. The van der Waals surface area contributed by atoms with Crippen LogP contribution < -0.4 is 4.72 Å². The third kappa shape index (κ3) is 4.29. The van der Waals surface area contributed by atoms with Crippen molar-refractivity contribution in [1.82, 2.24) is 14.2 Å². The predicted molar refractivity (Wildman–Crippen MR) is 81.5 cm³/mol. The van der Waals surface area contributed by atoms with Gasteiger partial charge in [0.2, 0.25) is 10.0 Å². The molecule has 1 aromatic rings. The van der Waals surface area contributed by atoms with E-state index < -0.39 is 10.0 Å². The van der Waals surface area contributed by atoms with Gasteiger partial charge in [-0.25, -0.2) is 13.1 Å². The first-order chi connectivity index (χ1) is 10.1. The van der Waals surface area contributed by atoms with Gasteiger partial charge < -0.3 is 14.6 Å². The van der Waals surface area contributed by atoms with Crippen LogP contribution >= 0.6 is 0 Å². The molecule has 120 valence electrons. The average Bonchev–Trinajstić information content (AvgIpc) is 3.12. The molecule has 0 aliphatic carbocycles. The van der Waals surface area contributed by atoms with Crippen LogP contribution in [-0.4, -0.2) is 49.2 Å². The Morgan fingerprint density at radius 2 is 2.05 bits per heavy atom. The SMILES string of the molecule is CCn1cc(S(=O)(=O)NCCCN2CCCC2)cc1CO. The lowest BCUT2D eigenvalue weighted by Crippen LogP contribution is -2.28. The molecule has 1 aliphatic rings. The number of nitrogens with one attached hydrogen (secondary N) is 1. The fourth-order valence-electron chi connectivity index (χ4n) is 2.70. The molecule has 1 aromatic heterocycles. The molecule has 21 heavy (non-hydrogen) atoms. The van der Waals surface area contributed by atoms with Gasteiger partial charge in [-0.2, -0.15) is 0 Å². The summed E-state index contributed by atoms with van der Waals surface area (Å²) in [5.41, 5.74) is 0.620. The van der Waals surface area contributed by atoms with Gasteiger partial charge in [0.1, 0.15) is 0 Å². The van der Waals surface area contributed by atoms with Gasteiger partial charge in [-0.3, -0.25) is 0 Å². The average molecular weight is 315 g/mol. The Bertz CT molecular complexity index is 526. The monoisotopic (exact) mass is 315 g/mol. The van der Waals surface area contributed by atoms with Crippen LogP contribution in [0.15, 0.2) is 17.2 Å². The number of hydrogen-bond acceptors (Lipinski definition) is 4. The van der Waals surface area contributed by atoms with Crippen molar-refractivity contribution in [2.75, 3.05) is 26.2 Å². The van der Waals surface area contributed by atoms with E-state index in [1.807, 2.05) is 6.92 Å². The van der Waals surface area contributed by atoms with Gasteiger partial charge in [0, 0.05) is 25.0 Å². The molecule has 2 rings (SSSR count). The van der Waals surface area contributed by atoms with E-state index in [1.165, 1.54) is 18.9 Å². The number of aromatic nitrogens is 1. The standard InChI is InChI=1S/C14H25N3O3S/c1-2-17-11-14(10-13(17)12-18)21(19,20)15-6-5-9-16-7-3-4-8-16/h10-11,15,18H,2-9,12H2,1H3. The molecule has 7 heteroatoms. The van der Waals surface area contributed by atoms with Crippen molar-refractivity contribution in [3.63, 3.8) is 0 Å². The predicted octanol–water partition coefficient (Wildman–Crippen LogP) is 0.764. The molecule has 1 fully saturated rings. The summed E-state index contributed by atoms with van der Waals surface area (Å²) in [6, 6.07) is 1.53. The molecule has 0 aromatic carbocycles. The van der Waals surface area contributed by atoms with Crippen LogP contribution in [0.5, 0.6) is 0 Å². The van der Waals surface area contributed by atoms with E-state index in [0.29, 0.717) is 18.8 Å². The van der Waals surface area contributed by atoms with Gasteiger partial charge in [-0.05, 0) is 51.9 Å². The molecule has 1 saturated heterocycles. The summed E-state index contributed by atoms with van der Waals surface area (Å²) in [6.07, 6.45) is 4.90. The summed E-state index contributed by atoms with van der Waals surface area (Å²) in [4.78, 5) is 2.60. The van der Waals surface area contributed by atoms with Crippen LogP contribution in [0.25, 0.3) is 0 Å². The molecule has 6 nitrogen and oxygen atoms in total. The van der Waals surface area contributed by atoms with E-state index in [1.54, 1.807) is 10.8 Å². The van der Waals surface area contributed by atoms with Gasteiger partial charge in [-0.15, -0.1) is 0 Å². The summed E-state index contributed by atoms with van der Waals surface area (Å²) in [5, 5.41) is 9.22. The first kappa shape index (κ1) is 16.5. The van der Waals surface area contributed by atoms with Crippen molar-refractivity contribution in [2.45, 2.75) is 44.2 Å². The Morgan fingerprint density at radius 1 is 1.33 bits per heavy atom. The Kier molecular flexibility index (Phi) is 5.80. The summed E-state index contributed by atoms with van der Waals surface area (Å²) >= 11 is 0. The third-order valence-electron chi connectivity index (χ3n) is 3.92. The zero-order chi connectivity index (χ0) is 15.3. The first-order valence-corrected chi connectivity index (χ1v) is 9.07. The quantitative estimate of drug-likeness (QED) is 0.695. The van der Waals surface area contributed by atoms with Crippen LogP contribution in [0.2, 0.25) is 0 Å². The maximum absolute atomic E-state index is 12.2. The smallest absolute Gasteiger partial charge is 0.242 e. The minimum absolute atomic E-state index is 0.154. The van der Waals surface area contributed by atoms with Gasteiger partial charge in [0.15, 0.2) is 0 Å². The van der Waals surface area contributed by atoms with Gasteiger partial charge >= 0.3 is 0 Å². The number of aliphatic hydroxyl groups is 1. The van der Waals surface area contributed by atoms with Crippen LogP contribution in [0.4, 0.5) is 0 Å². The van der Waals surface area contributed by atoms with Crippen molar-refractivity contribution in [2.24, 2.45) is 0 Å². The summed E-state index contributed by atoms with van der Waals surface area (Å²) in [7, 11) is -3.48. The van der Waals surface area contributed by atoms with Crippen LogP contribution in [-0.2, 0) is 23.2 Å². The maximum Gasteiger partial charge on any atom is 0.242 e. The highest BCUT2D eigenvalue weighted by atomic mass is 32.2. The van der Waals surface area contributed by atoms with Crippen LogP contribution in [0.3, 0.4) is 0 Å². The molecule has 0 radical (unpaired) electrons. The number of likely N-dealkylation sites (tertiary alicyclic amines) is 1. The zero-order valence-corrected chi connectivity index (χ0v) is 13.4. The minimum atomic E-state index is -3.48. The highest BCUT2D eigenvalue weighted by Gasteiger charge is 2.18. The van der Waals surface area contributed by atoms with E-state index in [4.69, 9.17) is 0 Å². The second kappa shape index (κ2) is 7.40. The van der Waals surface area contributed by atoms with E-state index in [9.17, 15) is 13.5 Å². The molecule has 0 atom stereocenters. The molecular formula is C14H25N3O3S. The molecule has 0 amide bonds. The largest absolute Gasteiger partial charge is 0.390 e. The molecule has 0 spiro atoms. The van der Waals surface area contributed by atoms with E-state index in [-0.39, 0.29) is 11.5 Å². The molecule has 2 heterocycles. The molecule has 1 aliphatic heterocycles. The highest BCUT2D eigenvalue weighted by molar-refractivity contribution is 7.89. The fourth-order valence-corrected chi connectivity index (χ4v) is 3.83. The van der Waals surface area contributed by atoms with Gasteiger partial charge in [0.25, 0.3) is 0 Å². The number of aryl methyl sites for hydroxylation is 1. The lowest BCUT2D eigenvalue weighted by atomic mass is 10.4. The Morgan fingerprint density at radius 3 is 2.62 bits per heavy atom. The lowest BCUT2D eigenvalue weighted by molar-refractivity contribution is 0.271. The molecule has 0 saturated carbocycles. The molecule has 2 N–H and O–H groups in total. The number of aliphatic hydroxyl groups excluding tert-OH is 1. The Balaban J connectivity index is 1.87. The van der Waals surface area contributed by atoms with Crippen molar-refractivity contribution in [1.29, 1.82) is 0 Å². The zero-order valence-electron chi connectivity index (χ0n) is 12.6. The molecule has 0 unspecified atom stereocenters. The summed E-state index contributed by atoms with van der Waals surface area (Å²) < 4.78 is 28.8. The van der Waals surface area contributed by atoms with E-state index in [0.717, 1.165) is 26.1 Å². The van der Waals surface area contributed by atoms with Crippen molar-refractivity contribution >= 4 is 10.0 Å². The third-order valence-corrected chi connectivity index (χ3v) is 5.34. The maximum atomic E-state index is 12.2. The normalized spacial score (nSPS) is 16.7. The minimum Gasteiger partial charge on any atom is -0.390 e. The van der Waals surface area contributed by atoms with Gasteiger partial charge in [-0.1, -0.05) is 0 Å². The Labute approximate surface area is 126 Å². The van der Waals surface area contributed by atoms with Crippen molar-refractivity contribution in [3.05, 3.63) is 18.0 Å². The van der Waals surface area contributed by atoms with Gasteiger partial charge in [0.05, 0.1) is 11.5 Å². The summed E-state index contributed by atoms with van der Waals surface area (Å²) in [6.45, 7) is 6.06. The fraction of sp³-hybridized carbons (Fsp3) is 0.714. The lowest BCUT2D eigenvalue weighted by Gasteiger charge is -2.14. The van der Waals surface area contributed by atoms with Crippen molar-refractivity contribution in [3.8, 4) is 0 Å². The first-order valence-electron chi connectivity index (χ1n) is 7.58. The number of rotatable bonds is 8. The van der Waals surface area contributed by atoms with E-state index >= 15 is 0 Å². The number of nitrogens with zero attached hydrogens (tertiary/aromatic N) is 2. The van der Waals surface area contributed by atoms with Crippen molar-refractivity contribution < 1.29 is 13.5 Å². The van der Waals surface area contributed by atoms with Crippen LogP contribution in [0, 0.1) is 0 Å². The molecule has 0 bridgehead atoms. The summed E-state index contributed by atoms with van der Waals surface area (Å²) in [5.74, 6) is 0. The number of sulfonamides is 1. The highest BCUT2D eigenvalue weighted by Crippen LogP contribution is 2.14. The topological polar surface area (TPSA) is 74.6 Å². The Hall–Kier alpha value is -0.890. The second-order valence-corrected chi connectivity index (χ2v) is 7.18. The number of hydrogen-bond donors (Lipinski definition) is 2. The second-order valence-electron chi connectivity index (χ2n) is 5.41. The van der Waals surface area contributed by atoms with Crippen LogP contribution in [0.1, 0.15) is 31.9 Å². The van der Waals surface area contributed by atoms with E-state index in [2.05, 4.69) is 9.62 Å².